The van der Waals surface area contributed by atoms with Gasteiger partial charge < -0.3 is 10.1 Å². The number of rotatable bonds is 5. The van der Waals surface area contributed by atoms with Crippen LogP contribution in [0, 0.1) is 0 Å². The maximum atomic E-state index is 6.53. The number of fused-ring (bicyclic) bond motifs is 1. The van der Waals surface area contributed by atoms with Crippen molar-refractivity contribution in [2.24, 2.45) is 4.99 Å². The lowest BCUT2D eigenvalue weighted by Crippen LogP contribution is -2.01. The maximum absolute atomic E-state index is 6.53. The molecule has 0 fully saturated rings. The fraction of sp³-hybridized carbons (Fsp3) is 0.312. The van der Waals surface area contributed by atoms with Crippen molar-refractivity contribution in [2.45, 2.75) is 19.9 Å². The maximum Gasteiger partial charge on any atom is 0.213 e. The van der Waals surface area contributed by atoms with Gasteiger partial charge in [0.15, 0.2) is 0 Å². The first kappa shape index (κ1) is 16.2. The van der Waals surface area contributed by atoms with Gasteiger partial charge in [-0.1, -0.05) is 11.6 Å². The van der Waals surface area contributed by atoms with Crippen LogP contribution in [0.3, 0.4) is 0 Å². The third kappa shape index (κ3) is 3.54. The zero-order valence-corrected chi connectivity index (χ0v) is 13.8. The first-order valence-corrected chi connectivity index (χ1v) is 7.34. The van der Waals surface area contributed by atoms with Crippen LogP contribution in [0.1, 0.15) is 19.4 Å². The van der Waals surface area contributed by atoms with Crippen LogP contribution in [0.4, 0.5) is 0 Å². The van der Waals surface area contributed by atoms with E-state index in [-0.39, 0.29) is 6.04 Å². The van der Waals surface area contributed by atoms with Gasteiger partial charge in [0.05, 0.1) is 17.6 Å². The van der Waals surface area contributed by atoms with Gasteiger partial charge in [0.2, 0.25) is 5.88 Å². The Kier molecular flexibility index (Phi) is 5.33. The minimum Gasteiger partial charge on any atom is -0.481 e. The molecule has 2 rings (SSSR count). The van der Waals surface area contributed by atoms with Crippen LogP contribution in [-0.4, -0.2) is 36.4 Å². The smallest absolute Gasteiger partial charge is 0.213 e. The summed E-state index contributed by atoms with van der Waals surface area (Å²) in [6, 6.07) is 3.79. The molecule has 0 bridgehead atoms. The fourth-order valence-electron chi connectivity index (χ4n) is 1.90. The first-order chi connectivity index (χ1) is 10.6. The number of aromatic nitrogens is 2. The van der Waals surface area contributed by atoms with Crippen molar-refractivity contribution in [1.29, 1.82) is 0 Å². The summed E-state index contributed by atoms with van der Waals surface area (Å²) in [4.78, 5) is 13.2. The molecule has 0 saturated carbocycles. The second kappa shape index (κ2) is 7.22. The summed E-state index contributed by atoms with van der Waals surface area (Å²) in [5.74, 6) is 0.503. The number of ether oxygens (including phenoxy) is 1. The normalized spacial score (nSPS) is 12.4. The zero-order chi connectivity index (χ0) is 16.1. The van der Waals surface area contributed by atoms with Gasteiger partial charge in [-0.25, -0.2) is 4.98 Å². The van der Waals surface area contributed by atoms with E-state index in [0.29, 0.717) is 16.4 Å². The van der Waals surface area contributed by atoms with Crippen LogP contribution < -0.4 is 10.1 Å². The molecule has 0 amide bonds. The molecule has 0 unspecified atom stereocenters. The topological polar surface area (TPSA) is 59.4 Å². The van der Waals surface area contributed by atoms with E-state index in [0.717, 1.165) is 16.7 Å². The summed E-state index contributed by atoms with van der Waals surface area (Å²) >= 11 is 6.53. The van der Waals surface area contributed by atoms with E-state index in [2.05, 4.69) is 20.3 Å². The summed E-state index contributed by atoms with van der Waals surface area (Å²) in [6.07, 6.45) is 5.35. The van der Waals surface area contributed by atoms with E-state index >= 15 is 0 Å². The number of nitrogens with one attached hydrogen (secondary N) is 1. The average Bonchev–Trinajstić information content (AvgIpc) is 2.52. The largest absolute Gasteiger partial charge is 0.481 e. The Labute approximate surface area is 135 Å². The van der Waals surface area contributed by atoms with Crippen molar-refractivity contribution in [1.82, 2.24) is 15.3 Å². The number of allylic oxidation sites excluding steroid dienone is 1. The molecule has 0 aliphatic heterocycles. The number of hydrogen-bond donors (Lipinski definition) is 1. The molecule has 2 heterocycles. The standard InChI is InChI=1S/C16H19ClN4O/c1-10(2)19-8-11(7-18-3)12-9-20-13-5-6-14(22-4)21-16(13)15(12)17/h5-10,18H,1-4H3/b11-7+,19-8+. The Morgan fingerprint density at radius 1 is 1.41 bits per heavy atom. The number of hydrogen-bond acceptors (Lipinski definition) is 5. The van der Waals surface area contributed by atoms with Crippen LogP contribution in [-0.2, 0) is 0 Å². The van der Waals surface area contributed by atoms with Gasteiger partial charge >= 0.3 is 0 Å². The van der Waals surface area contributed by atoms with Gasteiger partial charge in [0, 0.05) is 48.9 Å². The van der Waals surface area contributed by atoms with E-state index < -0.39 is 0 Å². The Morgan fingerprint density at radius 3 is 2.82 bits per heavy atom. The summed E-state index contributed by atoms with van der Waals surface area (Å²) in [5.41, 5.74) is 2.95. The second-order valence-electron chi connectivity index (χ2n) is 4.97. The van der Waals surface area contributed by atoms with Crippen LogP contribution in [0.2, 0.25) is 5.02 Å². The van der Waals surface area contributed by atoms with Crippen LogP contribution >= 0.6 is 11.6 Å². The molecule has 0 aliphatic rings. The SMILES string of the molecule is CN/C=C(\C=N\C(C)C)c1cnc2ccc(OC)nc2c1Cl. The second-order valence-corrected chi connectivity index (χ2v) is 5.35. The summed E-state index contributed by atoms with van der Waals surface area (Å²) in [5, 5.41) is 3.53. The molecule has 0 spiro atoms. The summed E-state index contributed by atoms with van der Waals surface area (Å²) < 4.78 is 5.15. The number of nitrogens with zero attached hydrogens (tertiary/aromatic N) is 3. The van der Waals surface area contributed by atoms with Gasteiger partial charge in [0.1, 0.15) is 5.52 Å². The fourth-order valence-corrected chi connectivity index (χ4v) is 2.20. The van der Waals surface area contributed by atoms with E-state index in [1.165, 1.54) is 0 Å². The van der Waals surface area contributed by atoms with E-state index in [1.54, 1.807) is 25.6 Å². The van der Waals surface area contributed by atoms with Crippen molar-refractivity contribution >= 4 is 34.4 Å². The van der Waals surface area contributed by atoms with E-state index in [1.807, 2.05) is 33.2 Å². The molecule has 2 aromatic rings. The van der Waals surface area contributed by atoms with Gasteiger partial charge in [-0.15, -0.1) is 0 Å². The highest BCUT2D eigenvalue weighted by molar-refractivity contribution is 6.37. The Morgan fingerprint density at radius 2 is 2.18 bits per heavy atom. The van der Waals surface area contributed by atoms with E-state index in [9.17, 15) is 0 Å². The highest BCUT2D eigenvalue weighted by Crippen LogP contribution is 2.29. The summed E-state index contributed by atoms with van der Waals surface area (Å²) in [7, 11) is 3.40. The molecule has 5 nitrogen and oxygen atoms in total. The Bertz CT molecular complexity index is 725. The molecule has 0 aliphatic carbocycles. The lowest BCUT2D eigenvalue weighted by Gasteiger charge is -2.09. The van der Waals surface area contributed by atoms with Gasteiger partial charge in [-0.2, -0.15) is 0 Å². The molecule has 0 aromatic carbocycles. The van der Waals surface area contributed by atoms with Crippen molar-refractivity contribution in [3.63, 3.8) is 0 Å². The first-order valence-electron chi connectivity index (χ1n) is 6.97. The molecule has 0 radical (unpaired) electrons. The van der Waals surface area contributed by atoms with Gasteiger partial charge in [0.25, 0.3) is 0 Å². The van der Waals surface area contributed by atoms with Gasteiger partial charge in [-0.3, -0.25) is 9.98 Å². The number of pyridine rings is 2. The van der Waals surface area contributed by atoms with Crippen LogP contribution in [0.15, 0.2) is 29.5 Å². The Hall–Kier alpha value is -2.14. The quantitative estimate of drug-likeness (QED) is 0.859. The van der Waals surface area contributed by atoms with Crippen molar-refractivity contribution in [2.75, 3.05) is 14.2 Å². The minimum absolute atomic E-state index is 0.200. The number of aliphatic imine (C=N–C) groups is 1. The Balaban J connectivity index is 2.58. The molecular weight excluding hydrogens is 300 g/mol. The van der Waals surface area contributed by atoms with Crippen LogP contribution in [0.5, 0.6) is 5.88 Å². The van der Waals surface area contributed by atoms with Crippen molar-refractivity contribution in [3.8, 4) is 5.88 Å². The lowest BCUT2D eigenvalue weighted by atomic mass is 10.1. The molecule has 0 saturated heterocycles. The van der Waals surface area contributed by atoms with Crippen molar-refractivity contribution < 1.29 is 4.74 Å². The summed E-state index contributed by atoms with van der Waals surface area (Å²) in [6.45, 7) is 4.03. The van der Waals surface area contributed by atoms with Crippen LogP contribution in [0.25, 0.3) is 16.6 Å². The highest BCUT2D eigenvalue weighted by atomic mass is 35.5. The van der Waals surface area contributed by atoms with Crippen molar-refractivity contribution in [3.05, 3.63) is 35.1 Å². The predicted octanol–water partition coefficient (Wildman–Crippen LogP) is 3.33. The van der Waals surface area contributed by atoms with E-state index in [4.69, 9.17) is 16.3 Å². The molecule has 116 valence electrons. The molecule has 0 atom stereocenters. The molecule has 6 heteroatoms. The molecular formula is C16H19ClN4O. The zero-order valence-electron chi connectivity index (χ0n) is 13.1. The molecule has 1 N–H and O–H groups in total. The third-order valence-electron chi connectivity index (χ3n) is 2.96. The number of methoxy groups -OCH3 is 1. The average molecular weight is 319 g/mol. The minimum atomic E-state index is 0.200. The molecule has 2 aromatic heterocycles. The lowest BCUT2D eigenvalue weighted by molar-refractivity contribution is 0.399. The monoisotopic (exact) mass is 318 g/mol. The molecule has 22 heavy (non-hydrogen) atoms. The highest BCUT2D eigenvalue weighted by Gasteiger charge is 2.12. The number of halogens is 1. The predicted molar refractivity (Wildman–Crippen MR) is 91.8 cm³/mol. The third-order valence-corrected chi connectivity index (χ3v) is 3.34. The van der Waals surface area contributed by atoms with Gasteiger partial charge in [-0.05, 0) is 19.9 Å².